The van der Waals surface area contributed by atoms with Gasteiger partial charge >= 0.3 is 0 Å². The van der Waals surface area contributed by atoms with Crippen molar-refractivity contribution >= 4 is 33.0 Å². The van der Waals surface area contributed by atoms with Gasteiger partial charge in [0.05, 0.1) is 4.90 Å². The third-order valence-electron chi connectivity index (χ3n) is 3.41. The predicted octanol–water partition coefficient (Wildman–Crippen LogP) is 3.57. The molecule has 3 N–H and O–H groups in total. The van der Waals surface area contributed by atoms with E-state index in [0.29, 0.717) is 17.4 Å². The van der Waals surface area contributed by atoms with Crippen molar-refractivity contribution in [1.82, 2.24) is 0 Å². The molecule has 0 saturated heterocycles. The van der Waals surface area contributed by atoms with Crippen LogP contribution in [0.2, 0.25) is 0 Å². The summed E-state index contributed by atoms with van der Waals surface area (Å²) in [6.45, 7) is 7.40. The zero-order valence-corrected chi connectivity index (χ0v) is 15.6. The van der Waals surface area contributed by atoms with Crippen LogP contribution in [0, 0.1) is 6.92 Å². The van der Waals surface area contributed by atoms with Crippen LogP contribution >= 0.6 is 0 Å². The molecule has 0 aliphatic heterocycles. The van der Waals surface area contributed by atoms with E-state index in [2.05, 4.69) is 15.4 Å². The van der Waals surface area contributed by atoms with Crippen LogP contribution in [0.4, 0.5) is 17.1 Å². The van der Waals surface area contributed by atoms with Gasteiger partial charge in [0.1, 0.15) is 0 Å². The lowest BCUT2D eigenvalue weighted by Crippen LogP contribution is -2.14. The van der Waals surface area contributed by atoms with Gasteiger partial charge in [0.15, 0.2) is 0 Å². The summed E-state index contributed by atoms with van der Waals surface area (Å²) in [4.78, 5) is 11.1. The summed E-state index contributed by atoms with van der Waals surface area (Å²) >= 11 is 0. The molecular formula is C18H23N3O3S. The van der Waals surface area contributed by atoms with E-state index < -0.39 is 10.0 Å². The molecule has 6 nitrogen and oxygen atoms in total. The molecule has 25 heavy (non-hydrogen) atoms. The van der Waals surface area contributed by atoms with Crippen molar-refractivity contribution in [2.24, 2.45) is 0 Å². The molecule has 0 bridgehead atoms. The van der Waals surface area contributed by atoms with Crippen molar-refractivity contribution in [1.29, 1.82) is 0 Å². The van der Waals surface area contributed by atoms with Crippen molar-refractivity contribution in [3.63, 3.8) is 0 Å². The number of anilines is 3. The second kappa shape index (κ2) is 7.57. The quantitative estimate of drug-likeness (QED) is 0.734. The highest BCUT2D eigenvalue weighted by molar-refractivity contribution is 7.92. The highest BCUT2D eigenvalue weighted by Gasteiger charge is 2.15. The Bertz CT molecular complexity index is 860. The summed E-state index contributed by atoms with van der Waals surface area (Å²) in [6.07, 6.45) is 0. The van der Waals surface area contributed by atoms with E-state index in [0.717, 1.165) is 11.3 Å². The molecule has 2 aromatic carbocycles. The number of rotatable bonds is 6. The third-order valence-corrected chi connectivity index (χ3v) is 4.80. The highest BCUT2D eigenvalue weighted by Crippen LogP contribution is 2.23. The van der Waals surface area contributed by atoms with E-state index in [1.54, 1.807) is 24.3 Å². The van der Waals surface area contributed by atoms with E-state index >= 15 is 0 Å². The maximum Gasteiger partial charge on any atom is 0.261 e. The van der Waals surface area contributed by atoms with Gasteiger partial charge < -0.3 is 10.6 Å². The van der Waals surface area contributed by atoms with Gasteiger partial charge in [-0.2, -0.15) is 0 Å². The van der Waals surface area contributed by atoms with Crippen LogP contribution in [-0.2, 0) is 14.8 Å². The SMILES string of the molecule is CC(=O)Nc1ccc(S(=O)(=O)Nc2ccc(NC(C)C)c(C)c2)cc1. The lowest BCUT2D eigenvalue weighted by atomic mass is 10.1. The standard InChI is InChI=1S/C18H23N3O3S/c1-12(2)19-18-10-7-16(11-13(18)3)21-25(23,24)17-8-5-15(6-9-17)20-14(4)22/h5-12,19,21H,1-4H3,(H,20,22). The summed E-state index contributed by atoms with van der Waals surface area (Å²) in [7, 11) is -3.69. The molecule has 2 aromatic rings. The number of benzene rings is 2. The van der Waals surface area contributed by atoms with Crippen LogP contribution in [0.3, 0.4) is 0 Å². The van der Waals surface area contributed by atoms with Crippen LogP contribution in [0.25, 0.3) is 0 Å². The minimum absolute atomic E-state index is 0.128. The average molecular weight is 361 g/mol. The Balaban J connectivity index is 2.18. The molecule has 1 amide bonds. The molecule has 0 unspecified atom stereocenters. The van der Waals surface area contributed by atoms with Crippen LogP contribution in [0.5, 0.6) is 0 Å². The van der Waals surface area contributed by atoms with Gasteiger partial charge in [-0.3, -0.25) is 9.52 Å². The average Bonchev–Trinajstić information content (AvgIpc) is 2.49. The minimum Gasteiger partial charge on any atom is -0.383 e. The number of nitrogens with one attached hydrogen (secondary N) is 3. The normalized spacial score (nSPS) is 11.2. The summed E-state index contributed by atoms with van der Waals surface area (Å²) in [5.41, 5.74) is 2.97. The summed E-state index contributed by atoms with van der Waals surface area (Å²) < 4.78 is 27.6. The van der Waals surface area contributed by atoms with E-state index in [1.807, 2.05) is 26.8 Å². The van der Waals surface area contributed by atoms with Crippen molar-refractivity contribution in [2.75, 3.05) is 15.4 Å². The summed E-state index contributed by atoms with van der Waals surface area (Å²) in [6, 6.07) is 11.7. The minimum atomic E-state index is -3.69. The zero-order chi connectivity index (χ0) is 18.6. The topological polar surface area (TPSA) is 87.3 Å². The van der Waals surface area contributed by atoms with Crippen molar-refractivity contribution in [3.8, 4) is 0 Å². The van der Waals surface area contributed by atoms with Gasteiger partial charge in [-0.15, -0.1) is 0 Å². The van der Waals surface area contributed by atoms with Crippen LogP contribution in [-0.4, -0.2) is 20.4 Å². The van der Waals surface area contributed by atoms with Crippen molar-refractivity contribution in [2.45, 2.75) is 38.6 Å². The second-order valence-corrected chi connectivity index (χ2v) is 7.82. The summed E-state index contributed by atoms with van der Waals surface area (Å²) in [5.74, 6) is -0.209. The number of amides is 1. The molecule has 0 aliphatic carbocycles. The Morgan fingerprint density at radius 3 is 2.12 bits per heavy atom. The summed E-state index contributed by atoms with van der Waals surface area (Å²) in [5, 5.41) is 5.91. The fraction of sp³-hybridized carbons (Fsp3) is 0.278. The lowest BCUT2D eigenvalue weighted by Gasteiger charge is -2.15. The molecular weight excluding hydrogens is 338 g/mol. The Morgan fingerprint density at radius 2 is 1.60 bits per heavy atom. The molecule has 0 atom stereocenters. The first kappa shape index (κ1) is 18.8. The Hall–Kier alpha value is -2.54. The second-order valence-electron chi connectivity index (χ2n) is 6.14. The van der Waals surface area contributed by atoms with Crippen LogP contribution in [0.15, 0.2) is 47.4 Å². The first-order chi connectivity index (χ1) is 11.7. The maximum absolute atomic E-state index is 12.5. The largest absolute Gasteiger partial charge is 0.383 e. The van der Waals surface area contributed by atoms with Gasteiger partial charge in [-0.05, 0) is 68.8 Å². The van der Waals surface area contributed by atoms with Gasteiger partial charge in [-0.1, -0.05) is 0 Å². The third kappa shape index (κ3) is 5.22. The number of hydrogen-bond acceptors (Lipinski definition) is 4. The van der Waals surface area contributed by atoms with Crippen molar-refractivity contribution in [3.05, 3.63) is 48.0 Å². The van der Waals surface area contributed by atoms with Crippen molar-refractivity contribution < 1.29 is 13.2 Å². The van der Waals surface area contributed by atoms with E-state index in [-0.39, 0.29) is 10.8 Å². The lowest BCUT2D eigenvalue weighted by molar-refractivity contribution is -0.114. The fourth-order valence-electron chi connectivity index (χ4n) is 2.33. The first-order valence-electron chi connectivity index (χ1n) is 7.95. The fourth-order valence-corrected chi connectivity index (χ4v) is 3.38. The molecule has 0 radical (unpaired) electrons. The van der Waals surface area contributed by atoms with E-state index in [9.17, 15) is 13.2 Å². The first-order valence-corrected chi connectivity index (χ1v) is 9.43. The van der Waals surface area contributed by atoms with Gasteiger partial charge in [-0.25, -0.2) is 8.42 Å². The van der Waals surface area contributed by atoms with Gasteiger partial charge in [0, 0.05) is 30.0 Å². The number of carbonyl (C=O) groups is 1. The Morgan fingerprint density at radius 1 is 1.00 bits per heavy atom. The number of sulfonamides is 1. The van der Waals surface area contributed by atoms with E-state index in [4.69, 9.17) is 0 Å². The van der Waals surface area contributed by atoms with E-state index in [1.165, 1.54) is 19.1 Å². The number of carbonyl (C=O) groups excluding carboxylic acids is 1. The Labute approximate surface area is 148 Å². The van der Waals surface area contributed by atoms with Crippen LogP contribution in [0.1, 0.15) is 26.3 Å². The number of hydrogen-bond donors (Lipinski definition) is 3. The molecule has 7 heteroatoms. The Kier molecular flexibility index (Phi) is 5.69. The molecule has 0 fully saturated rings. The molecule has 0 aliphatic rings. The molecule has 0 heterocycles. The molecule has 0 saturated carbocycles. The zero-order valence-electron chi connectivity index (χ0n) is 14.8. The maximum atomic E-state index is 12.5. The van der Waals surface area contributed by atoms with Gasteiger partial charge in [0.25, 0.3) is 10.0 Å². The highest BCUT2D eigenvalue weighted by atomic mass is 32.2. The smallest absolute Gasteiger partial charge is 0.261 e. The monoisotopic (exact) mass is 361 g/mol. The molecule has 2 rings (SSSR count). The van der Waals surface area contributed by atoms with Crippen LogP contribution < -0.4 is 15.4 Å². The van der Waals surface area contributed by atoms with Gasteiger partial charge in [0.2, 0.25) is 5.91 Å². The predicted molar refractivity (Wildman–Crippen MR) is 101 cm³/mol. The molecule has 134 valence electrons. The number of aryl methyl sites for hydroxylation is 1. The molecule has 0 aromatic heterocycles. The molecule has 0 spiro atoms.